The fourth-order valence-corrected chi connectivity index (χ4v) is 5.26. The van der Waals surface area contributed by atoms with Crippen molar-refractivity contribution < 1.29 is 9.13 Å². The largest absolute Gasteiger partial charge is 0.421 e. The summed E-state index contributed by atoms with van der Waals surface area (Å²) in [4.78, 5) is 22.8. The standard InChI is InChI=1S/C22H24FN9O/c1-26-16-5-11(23)4-13-17-19(29-18(13)16)30-22(33-12-6-27-21(25)28-7-12)31-20(17)32-8-10-2-3-15(24)14(10)9-32/h4-7,10,14-15,26H,2-3,8-9,24H2,1H3,(H2,25,27,28)(H,29,30,31). The zero-order chi connectivity index (χ0) is 22.7. The van der Waals surface area contributed by atoms with Gasteiger partial charge in [-0.05, 0) is 36.8 Å². The summed E-state index contributed by atoms with van der Waals surface area (Å²) in [5.41, 5.74) is 13.9. The highest BCUT2D eigenvalue weighted by molar-refractivity contribution is 6.14. The van der Waals surface area contributed by atoms with Gasteiger partial charge >= 0.3 is 6.01 Å². The van der Waals surface area contributed by atoms with Crippen LogP contribution < -0.4 is 26.4 Å². The molecule has 1 aliphatic heterocycles. The highest BCUT2D eigenvalue weighted by atomic mass is 19.1. The maximum atomic E-state index is 14.5. The number of halogens is 1. The van der Waals surface area contributed by atoms with Crippen LogP contribution in [-0.4, -0.2) is 51.1 Å². The first-order valence-corrected chi connectivity index (χ1v) is 11.0. The summed E-state index contributed by atoms with van der Waals surface area (Å²) in [6, 6.07) is 3.30. The molecule has 6 rings (SSSR count). The molecule has 11 heteroatoms. The number of fused-ring (bicyclic) bond motifs is 4. The first-order valence-electron chi connectivity index (χ1n) is 11.0. The summed E-state index contributed by atoms with van der Waals surface area (Å²) in [6.45, 7) is 1.64. The lowest BCUT2D eigenvalue weighted by Crippen LogP contribution is -2.30. The average Bonchev–Trinajstić information content (AvgIpc) is 3.48. The second-order valence-corrected chi connectivity index (χ2v) is 8.75. The number of aromatic amines is 1. The first-order chi connectivity index (χ1) is 16.0. The minimum Gasteiger partial charge on any atom is -0.421 e. The van der Waals surface area contributed by atoms with Crippen LogP contribution in [-0.2, 0) is 0 Å². The van der Waals surface area contributed by atoms with E-state index in [1.807, 2.05) is 0 Å². The molecule has 2 aliphatic rings. The zero-order valence-electron chi connectivity index (χ0n) is 18.0. The Balaban J connectivity index is 1.52. The number of nitrogens with zero attached hydrogens (tertiary/aromatic N) is 5. The third-order valence-corrected chi connectivity index (χ3v) is 6.82. The van der Waals surface area contributed by atoms with Crippen molar-refractivity contribution in [3.63, 3.8) is 0 Å². The molecule has 0 radical (unpaired) electrons. The van der Waals surface area contributed by atoms with E-state index in [0.29, 0.717) is 40.1 Å². The second kappa shape index (κ2) is 7.41. The van der Waals surface area contributed by atoms with Crippen molar-refractivity contribution in [1.82, 2.24) is 24.9 Å². The van der Waals surface area contributed by atoms with E-state index in [9.17, 15) is 4.39 Å². The third kappa shape index (κ3) is 3.27. The lowest BCUT2D eigenvalue weighted by atomic mass is 9.98. The number of aromatic nitrogens is 5. The molecule has 1 saturated carbocycles. The molecule has 10 nitrogen and oxygen atoms in total. The van der Waals surface area contributed by atoms with Crippen LogP contribution >= 0.6 is 0 Å². The maximum absolute atomic E-state index is 14.5. The zero-order valence-corrected chi connectivity index (χ0v) is 18.0. The number of hydrogen-bond donors (Lipinski definition) is 4. The van der Waals surface area contributed by atoms with E-state index in [1.165, 1.54) is 24.5 Å². The summed E-state index contributed by atoms with van der Waals surface area (Å²) in [5.74, 6) is 1.82. The summed E-state index contributed by atoms with van der Waals surface area (Å²) in [5, 5.41) is 4.52. The number of nitrogen functional groups attached to an aromatic ring is 1. The molecule has 4 aromatic rings. The fraction of sp³-hybridized carbons (Fsp3) is 0.364. The van der Waals surface area contributed by atoms with Crippen molar-refractivity contribution in [2.24, 2.45) is 17.6 Å². The van der Waals surface area contributed by atoms with Crippen LogP contribution in [0, 0.1) is 17.7 Å². The number of nitrogens with one attached hydrogen (secondary N) is 2. The third-order valence-electron chi connectivity index (χ3n) is 6.82. The van der Waals surface area contributed by atoms with Crippen LogP contribution in [0.3, 0.4) is 0 Å². The maximum Gasteiger partial charge on any atom is 0.326 e. The molecule has 1 saturated heterocycles. The monoisotopic (exact) mass is 449 g/mol. The van der Waals surface area contributed by atoms with E-state index >= 15 is 0 Å². The molecule has 33 heavy (non-hydrogen) atoms. The Kier molecular flexibility index (Phi) is 4.47. The van der Waals surface area contributed by atoms with Gasteiger partial charge in [0.1, 0.15) is 17.3 Å². The van der Waals surface area contributed by atoms with E-state index in [4.69, 9.17) is 21.2 Å². The molecule has 4 heterocycles. The highest BCUT2D eigenvalue weighted by Gasteiger charge is 2.42. The number of anilines is 3. The van der Waals surface area contributed by atoms with E-state index in [1.54, 1.807) is 7.05 Å². The summed E-state index contributed by atoms with van der Waals surface area (Å²) in [6.07, 6.45) is 5.09. The second-order valence-electron chi connectivity index (χ2n) is 8.75. The van der Waals surface area contributed by atoms with E-state index < -0.39 is 0 Å². The highest BCUT2D eigenvalue weighted by Crippen LogP contribution is 2.43. The summed E-state index contributed by atoms with van der Waals surface area (Å²) in [7, 11) is 1.75. The summed E-state index contributed by atoms with van der Waals surface area (Å²) >= 11 is 0. The molecule has 0 spiro atoms. The van der Waals surface area contributed by atoms with Crippen LogP contribution in [0.25, 0.3) is 21.9 Å². The lowest BCUT2D eigenvalue weighted by molar-refractivity contribution is 0.439. The Labute approximate surface area is 188 Å². The number of H-pyrrole nitrogens is 1. The number of nitrogens with two attached hydrogens (primary N) is 2. The van der Waals surface area contributed by atoms with E-state index in [0.717, 1.165) is 36.8 Å². The fourth-order valence-electron chi connectivity index (χ4n) is 5.26. The van der Waals surface area contributed by atoms with Gasteiger partial charge in [0.05, 0.1) is 29.0 Å². The molecule has 3 aromatic heterocycles. The SMILES string of the molecule is CNc1cc(F)cc2c1[nH]c1nc(Oc3cnc(N)nc3)nc(N3CC4CCC(N)C4C3)c12. The van der Waals surface area contributed by atoms with Gasteiger partial charge in [0, 0.05) is 31.6 Å². The van der Waals surface area contributed by atoms with Crippen molar-refractivity contribution in [2.45, 2.75) is 18.9 Å². The number of benzene rings is 1. The molecular formula is C22H24FN9O. The van der Waals surface area contributed by atoms with Gasteiger partial charge in [-0.15, -0.1) is 0 Å². The van der Waals surface area contributed by atoms with Gasteiger partial charge in [-0.25, -0.2) is 14.4 Å². The average molecular weight is 449 g/mol. The normalized spacial score (nSPS) is 22.3. The Morgan fingerprint density at radius 1 is 1.18 bits per heavy atom. The molecule has 6 N–H and O–H groups in total. The topological polar surface area (TPSA) is 144 Å². The van der Waals surface area contributed by atoms with E-state index in [-0.39, 0.29) is 23.8 Å². The van der Waals surface area contributed by atoms with Gasteiger partial charge in [-0.2, -0.15) is 9.97 Å². The molecule has 0 amide bonds. The number of hydrogen-bond acceptors (Lipinski definition) is 9. The molecular weight excluding hydrogens is 425 g/mol. The Morgan fingerprint density at radius 3 is 2.76 bits per heavy atom. The van der Waals surface area contributed by atoms with Gasteiger partial charge in [-0.1, -0.05) is 0 Å². The molecule has 3 unspecified atom stereocenters. The Bertz CT molecular complexity index is 1360. The van der Waals surface area contributed by atoms with Gasteiger partial charge in [0.2, 0.25) is 5.95 Å². The van der Waals surface area contributed by atoms with Gasteiger partial charge < -0.3 is 31.4 Å². The van der Waals surface area contributed by atoms with Crippen LogP contribution in [0.5, 0.6) is 11.8 Å². The van der Waals surface area contributed by atoms with Gasteiger partial charge in [0.25, 0.3) is 0 Å². The molecule has 170 valence electrons. The minimum absolute atomic E-state index is 0.144. The first kappa shape index (κ1) is 19.9. The molecule has 0 bridgehead atoms. The molecule has 3 atom stereocenters. The van der Waals surface area contributed by atoms with Crippen molar-refractivity contribution in [1.29, 1.82) is 0 Å². The van der Waals surface area contributed by atoms with Crippen LogP contribution in [0.15, 0.2) is 24.5 Å². The predicted octanol–water partition coefficient (Wildman–Crippen LogP) is 2.63. The van der Waals surface area contributed by atoms with Crippen LogP contribution in [0.4, 0.5) is 21.8 Å². The number of rotatable bonds is 4. The molecule has 1 aromatic carbocycles. The minimum atomic E-state index is -0.335. The van der Waals surface area contributed by atoms with Crippen molar-refractivity contribution in [3.05, 3.63) is 30.3 Å². The van der Waals surface area contributed by atoms with Crippen LogP contribution in [0.2, 0.25) is 0 Å². The number of ether oxygens (including phenoxy) is 1. The van der Waals surface area contributed by atoms with Gasteiger partial charge in [0.15, 0.2) is 5.75 Å². The molecule has 1 aliphatic carbocycles. The Morgan fingerprint density at radius 2 is 2.00 bits per heavy atom. The smallest absolute Gasteiger partial charge is 0.326 e. The summed E-state index contributed by atoms with van der Waals surface area (Å²) < 4.78 is 20.3. The molecule has 2 fully saturated rings. The van der Waals surface area contributed by atoms with Crippen molar-refractivity contribution >= 4 is 39.4 Å². The lowest BCUT2D eigenvalue weighted by Gasteiger charge is -2.21. The van der Waals surface area contributed by atoms with Gasteiger partial charge in [-0.3, -0.25) is 0 Å². The Hall–Kier alpha value is -3.73. The van der Waals surface area contributed by atoms with Crippen molar-refractivity contribution in [3.8, 4) is 11.8 Å². The van der Waals surface area contributed by atoms with Crippen molar-refractivity contribution in [2.75, 3.05) is 36.1 Å². The van der Waals surface area contributed by atoms with E-state index in [2.05, 4.69) is 30.2 Å². The van der Waals surface area contributed by atoms with Crippen LogP contribution in [0.1, 0.15) is 12.8 Å². The quantitative estimate of drug-likeness (QED) is 0.369. The predicted molar refractivity (Wildman–Crippen MR) is 124 cm³/mol.